The largest absolute Gasteiger partial charge is 0.465 e. The Morgan fingerprint density at radius 2 is 1.29 bits per heavy atom. The van der Waals surface area contributed by atoms with Gasteiger partial charge in [-0.2, -0.15) is 0 Å². The van der Waals surface area contributed by atoms with Gasteiger partial charge in [0, 0.05) is 59.3 Å². The zero-order chi connectivity index (χ0) is 37.5. The third kappa shape index (κ3) is 9.83. The Balaban J connectivity index is 2.77. The molecule has 0 aliphatic heterocycles. The summed E-state index contributed by atoms with van der Waals surface area (Å²) in [5.41, 5.74) is 2.39. The molecular formula is C40H60O9. The molecule has 9 heteroatoms. The molecule has 274 valence electrons. The third-order valence-electron chi connectivity index (χ3n) is 9.74. The topological polar surface area (TPSA) is 133 Å². The SMILES string of the molecule is CCC(=O)O[C@@H](C(C)=C[C@@H](C)c1oc(CC)c(C)c(=O)c1C)[C@H](C)[C@@H](OC(=O)CC(C)C)[C@@H](C)c1oc([C@@H](C)[C@@H](O)CC)c(C)c(=O)c1C. The van der Waals surface area contributed by atoms with Crippen molar-refractivity contribution in [2.24, 2.45) is 11.8 Å². The van der Waals surface area contributed by atoms with Crippen LogP contribution in [0.5, 0.6) is 0 Å². The zero-order valence-electron chi connectivity index (χ0n) is 32.2. The summed E-state index contributed by atoms with van der Waals surface area (Å²) in [5, 5.41) is 10.7. The van der Waals surface area contributed by atoms with Crippen molar-refractivity contribution in [3.63, 3.8) is 0 Å². The first-order valence-electron chi connectivity index (χ1n) is 17.8. The van der Waals surface area contributed by atoms with E-state index < -0.39 is 48.0 Å². The average molecular weight is 685 g/mol. The maximum absolute atomic E-state index is 13.5. The van der Waals surface area contributed by atoms with Crippen LogP contribution < -0.4 is 10.9 Å². The second kappa shape index (κ2) is 18.0. The van der Waals surface area contributed by atoms with Gasteiger partial charge >= 0.3 is 11.9 Å². The van der Waals surface area contributed by atoms with Gasteiger partial charge in [0.05, 0.1) is 12.0 Å². The standard InChI is InChI=1S/C40H60O9/c1-15-30(41)23(8)38-26(11)35(45)27(12)39(49-38)29(14)40(48-33(43)18-20(4)5)28(13)37(47-32(42)17-3)22(7)19-21(6)36-25(10)34(44)24(9)31(16-2)46-36/h19-21,23,28-30,37,40-41H,15-18H2,1-14H3/t21-,23+,28+,29+,30+,37+,40-/m1/s1. The molecule has 0 amide bonds. The van der Waals surface area contributed by atoms with E-state index in [0.717, 1.165) is 0 Å². The molecule has 0 radical (unpaired) electrons. The number of aliphatic hydroxyl groups excluding tert-OH is 1. The second-order valence-corrected chi connectivity index (χ2v) is 14.2. The van der Waals surface area contributed by atoms with E-state index in [0.29, 0.717) is 63.7 Å². The summed E-state index contributed by atoms with van der Waals surface area (Å²) in [7, 11) is 0. The molecule has 0 bridgehead atoms. The minimum atomic E-state index is -0.867. The van der Waals surface area contributed by atoms with E-state index in [2.05, 4.69) is 0 Å². The van der Waals surface area contributed by atoms with Gasteiger partial charge in [0.25, 0.3) is 0 Å². The van der Waals surface area contributed by atoms with Crippen molar-refractivity contribution >= 4 is 11.9 Å². The molecule has 0 aliphatic rings. The molecule has 2 aromatic heterocycles. The third-order valence-corrected chi connectivity index (χ3v) is 9.74. The van der Waals surface area contributed by atoms with Crippen molar-refractivity contribution in [2.75, 3.05) is 0 Å². The Labute approximate surface area is 292 Å². The van der Waals surface area contributed by atoms with Gasteiger partial charge in [0.15, 0.2) is 10.9 Å². The molecule has 2 rings (SSSR count). The van der Waals surface area contributed by atoms with Crippen LogP contribution in [0.15, 0.2) is 30.1 Å². The molecule has 0 spiro atoms. The van der Waals surface area contributed by atoms with Crippen LogP contribution >= 0.6 is 0 Å². The van der Waals surface area contributed by atoms with Crippen LogP contribution in [0.25, 0.3) is 0 Å². The molecule has 0 unspecified atom stereocenters. The Morgan fingerprint density at radius 1 is 0.755 bits per heavy atom. The van der Waals surface area contributed by atoms with E-state index in [1.807, 2.05) is 68.4 Å². The molecule has 0 saturated carbocycles. The van der Waals surface area contributed by atoms with Crippen LogP contribution in [0, 0.1) is 39.5 Å². The summed E-state index contributed by atoms with van der Waals surface area (Å²) < 4.78 is 25.0. The normalized spacial score (nSPS) is 16.4. The number of rotatable bonds is 16. The highest BCUT2D eigenvalue weighted by atomic mass is 16.6. The summed E-state index contributed by atoms with van der Waals surface area (Å²) in [4.78, 5) is 52.7. The van der Waals surface area contributed by atoms with Gasteiger partial charge < -0.3 is 23.4 Å². The van der Waals surface area contributed by atoms with Crippen LogP contribution in [-0.2, 0) is 25.5 Å². The lowest BCUT2D eigenvalue weighted by atomic mass is 9.82. The quantitative estimate of drug-likeness (QED) is 0.138. The number of hydrogen-bond acceptors (Lipinski definition) is 9. The fourth-order valence-corrected chi connectivity index (χ4v) is 6.68. The Kier molecular flexibility index (Phi) is 15.3. The van der Waals surface area contributed by atoms with E-state index >= 15 is 0 Å². The molecule has 2 aromatic rings. The summed E-state index contributed by atoms with van der Waals surface area (Å²) in [5.74, 6) is -0.859. The van der Waals surface area contributed by atoms with Crippen molar-refractivity contribution in [1.29, 1.82) is 0 Å². The predicted octanol–water partition coefficient (Wildman–Crippen LogP) is 8.03. The molecule has 7 atom stereocenters. The van der Waals surface area contributed by atoms with Crippen LogP contribution in [0.4, 0.5) is 0 Å². The van der Waals surface area contributed by atoms with E-state index in [-0.39, 0.29) is 35.5 Å². The summed E-state index contributed by atoms with van der Waals surface area (Å²) in [6.07, 6.45) is 0.885. The number of hydrogen-bond donors (Lipinski definition) is 1. The van der Waals surface area contributed by atoms with Crippen LogP contribution in [0.3, 0.4) is 0 Å². The molecule has 0 saturated heterocycles. The van der Waals surface area contributed by atoms with Gasteiger partial charge in [0.2, 0.25) is 0 Å². The highest BCUT2D eigenvalue weighted by Crippen LogP contribution is 2.36. The van der Waals surface area contributed by atoms with Gasteiger partial charge in [-0.15, -0.1) is 0 Å². The van der Waals surface area contributed by atoms with Crippen LogP contribution in [0.1, 0.15) is 152 Å². The highest BCUT2D eigenvalue weighted by molar-refractivity contribution is 5.70. The van der Waals surface area contributed by atoms with Gasteiger partial charge in [-0.1, -0.05) is 68.4 Å². The lowest BCUT2D eigenvalue weighted by Crippen LogP contribution is -2.40. The van der Waals surface area contributed by atoms with Crippen molar-refractivity contribution < 1.29 is 33.0 Å². The first kappa shape index (κ1) is 41.7. The highest BCUT2D eigenvalue weighted by Gasteiger charge is 2.39. The Morgan fingerprint density at radius 3 is 1.80 bits per heavy atom. The van der Waals surface area contributed by atoms with Gasteiger partial charge in [-0.05, 0) is 52.5 Å². The summed E-state index contributed by atoms with van der Waals surface area (Å²) >= 11 is 0. The van der Waals surface area contributed by atoms with Crippen LogP contribution in [0.2, 0.25) is 0 Å². The second-order valence-electron chi connectivity index (χ2n) is 14.2. The van der Waals surface area contributed by atoms with Crippen molar-refractivity contribution in [3.05, 3.63) is 77.4 Å². The van der Waals surface area contributed by atoms with Gasteiger partial charge in [0.1, 0.15) is 35.2 Å². The van der Waals surface area contributed by atoms with E-state index in [1.165, 1.54) is 0 Å². The summed E-state index contributed by atoms with van der Waals surface area (Å²) in [6.45, 7) is 25.6. The Bertz CT molecular complexity index is 1610. The van der Waals surface area contributed by atoms with Crippen molar-refractivity contribution in [3.8, 4) is 0 Å². The minimum absolute atomic E-state index is 0.0393. The molecule has 0 fully saturated rings. The number of carbonyl (C=O) groups is 2. The van der Waals surface area contributed by atoms with Gasteiger partial charge in [-0.25, -0.2) is 0 Å². The lowest BCUT2D eigenvalue weighted by molar-refractivity contribution is -0.161. The number of allylic oxidation sites excluding steroid dienone is 1. The monoisotopic (exact) mass is 684 g/mol. The predicted molar refractivity (Wildman–Crippen MR) is 192 cm³/mol. The molecular weight excluding hydrogens is 624 g/mol. The van der Waals surface area contributed by atoms with Crippen molar-refractivity contribution in [1.82, 2.24) is 0 Å². The molecule has 0 aromatic carbocycles. The number of ether oxygens (including phenoxy) is 2. The van der Waals surface area contributed by atoms with Crippen LogP contribution in [-0.4, -0.2) is 35.4 Å². The molecule has 2 heterocycles. The average Bonchev–Trinajstić information content (AvgIpc) is 3.05. The number of aryl methyl sites for hydroxylation is 1. The smallest absolute Gasteiger partial charge is 0.306 e. The zero-order valence-corrected chi connectivity index (χ0v) is 32.2. The summed E-state index contributed by atoms with van der Waals surface area (Å²) in [6, 6.07) is 0. The number of carbonyl (C=O) groups excluding carboxylic acids is 2. The molecule has 1 N–H and O–H groups in total. The number of esters is 2. The fraction of sp³-hybridized carbons (Fsp3) is 0.650. The first-order valence-corrected chi connectivity index (χ1v) is 17.8. The van der Waals surface area contributed by atoms with Gasteiger partial charge in [-0.3, -0.25) is 19.2 Å². The maximum atomic E-state index is 13.5. The molecule has 49 heavy (non-hydrogen) atoms. The Hall–Kier alpha value is -3.46. The molecule has 0 aliphatic carbocycles. The maximum Gasteiger partial charge on any atom is 0.306 e. The van der Waals surface area contributed by atoms with Crippen molar-refractivity contribution in [2.45, 2.75) is 159 Å². The van der Waals surface area contributed by atoms with E-state index in [4.69, 9.17) is 18.3 Å². The number of aliphatic hydroxyl groups is 1. The van der Waals surface area contributed by atoms with E-state index in [1.54, 1.807) is 34.6 Å². The fourth-order valence-electron chi connectivity index (χ4n) is 6.68. The first-order chi connectivity index (χ1) is 22.8. The lowest BCUT2D eigenvalue weighted by Gasteiger charge is -2.35. The molecule has 9 nitrogen and oxygen atoms in total. The minimum Gasteiger partial charge on any atom is -0.465 e. The van der Waals surface area contributed by atoms with E-state index in [9.17, 15) is 24.3 Å².